The molecule has 28 heavy (non-hydrogen) atoms. The van der Waals surface area contributed by atoms with E-state index in [1.54, 1.807) is 0 Å². The van der Waals surface area contributed by atoms with Crippen molar-refractivity contribution >= 4 is 22.9 Å². The molecule has 2 unspecified atom stereocenters. The molecule has 0 radical (unpaired) electrons. The van der Waals surface area contributed by atoms with Gasteiger partial charge < -0.3 is 20.2 Å². The van der Waals surface area contributed by atoms with Gasteiger partial charge in [0, 0.05) is 22.8 Å². The first-order valence-electron chi connectivity index (χ1n) is 9.32. The number of aliphatic hydroxyl groups excluding tert-OH is 1. The Balaban J connectivity index is 1.78. The molecule has 0 aliphatic heterocycles. The van der Waals surface area contributed by atoms with E-state index in [9.17, 15) is 9.90 Å². The number of hydrogen-bond acceptors (Lipinski definition) is 3. The van der Waals surface area contributed by atoms with Gasteiger partial charge in [-0.05, 0) is 34.9 Å². The van der Waals surface area contributed by atoms with Crippen molar-refractivity contribution in [2.24, 2.45) is 0 Å². The SMILES string of the molecule is O=CC(c1c[nH]c2ccccc12)C(Nc1cccc(CO)c1)c1ccccc1. The Morgan fingerprint density at radius 2 is 1.75 bits per heavy atom. The molecule has 1 aromatic heterocycles. The largest absolute Gasteiger partial charge is 0.392 e. The van der Waals surface area contributed by atoms with Crippen molar-refractivity contribution in [1.82, 2.24) is 4.98 Å². The number of nitrogens with one attached hydrogen (secondary N) is 2. The second-order valence-corrected chi connectivity index (χ2v) is 6.84. The highest BCUT2D eigenvalue weighted by Crippen LogP contribution is 2.36. The number of rotatable bonds is 7. The van der Waals surface area contributed by atoms with Gasteiger partial charge in [-0.1, -0.05) is 60.7 Å². The monoisotopic (exact) mass is 370 g/mol. The number of para-hydroxylation sites is 1. The number of benzene rings is 3. The van der Waals surface area contributed by atoms with E-state index in [4.69, 9.17) is 0 Å². The summed E-state index contributed by atoms with van der Waals surface area (Å²) in [5, 5.41) is 14.0. The Bertz CT molecular complexity index is 1070. The van der Waals surface area contributed by atoms with Crippen LogP contribution in [0.4, 0.5) is 5.69 Å². The first kappa shape index (κ1) is 18.0. The van der Waals surface area contributed by atoms with Gasteiger partial charge in [0.25, 0.3) is 0 Å². The fraction of sp³-hybridized carbons (Fsp3) is 0.125. The molecule has 3 N–H and O–H groups in total. The minimum atomic E-state index is -0.378. The smallest absolute Gasteiger partial charge is 0.129 e. The fourth-order valence-corrected chi connectivity index (χ4v) is 3.68. The number of fused-ring (bicyclic) bond motifs is 1. The highest BCUT2D eigenvalue weighted by Gasteiger charge is 2.27. The minimum Gasteiger partial charge on any atom is -0.392 e. The van der Waals surface area contributed by atoms with Gasteiger partial charge in [0.15, 0.2) is 0 Å². The zero-order valence-corrected chi connectivity index (χ0v) is 15.4. The lowest BCUT2D eigenvalue weighted by Crippen LogP contribution is -2.20. The van der Waals surface area contributed by atoms with Crippen LogP contribution in [0.1, 0.15) is 28.7 Å². The third-order valence-electron chi connectivity index (χ3n) is 5.08. The molecule has 0 spiro atoms. The summed E-state index contributed by atoms with van der Waals surface area (Å²) in [6, 6.07) is 25.4. The van der Waals surface area contributed by atoms with Gasteiger partial charge in [-0.2, -0.15) is 0 Å². The zero-order chi connectivity index (χ0) is 19.3. The number of hydrogen-bond donors (Lipinski definition) is 3. The topological polar surface area (TPSA) is 65.1 Å². The Hall–Kier alpha value is -3.37. The van der Waals surface area contributed by atoms with Gasteiger partial charge >= 0.3 is 0 Å². The van der Waals surface area contributed by atoms with Gasteiger partial charge in [0.05, 0.1) is 18.6 Å². The highest BCUT2D eigenvalue weighted by atomic mass is 16.3. The summed E-state index contributed by atoms with van der Waals surface area (Å²) in [5.74, 6) is -0.378. The number of aliphatic hydroxyl groups is 1. The van der Waals surface area contributed by atoms with Gasteiger partial charge in [0.1, 0.15) is 6.29 Å². The van der Waals surface area contributed by atoms with E-state index >= 15 is 0 Å². The van der Waals surface area contributed by atoms with Crippen molar-refractivity contribution in [3.8, 4) is 0 Å². The molecule has 0 amide bonds. The van der Waals surface area contributed by atoms with Crippen LogP contribution < -0.4 is 5.32 Å². The van der Waals surface area contributed by atoms with E-state index in [1.165, 1.54) is 0 Å². The molecule has 0 saturated carbocycles. The molecule has 1 heterocycles. The molecular formula is C24H22N2O2. The van der Waals surface area contributed by atoms with Gasteiger partial charge in [-0.15, -0.1) is 0 Å². The maximum Gasteiger partial charge on any atom is 0.129 e. The van der Waals surface area contributed by atoms with Crippen LogP contribution in [-0.4, -0.2) is 16.4 Å². The van der Waals surface area contributed by atoms with E-state index in [1.807, 2.05) is 85.1 Å². The van der Waals surface area contributed by atoms with E-state index in [0.29, 0.717) is 0 Å². The molecule has 0 aliphatic rings. The minimum absolute atomic E-state index is 0.0227. The molecule has 2 atom stereocenters. The van der Waals surface area contributed by atoms with Gasteiger partial charge in [-0.3, -0.25) is 0 Å². The summed E-state index contributed by atoms with van der Waals surface area (Å²) >= 11 is 0. The number of anilines is 1. The Kier molecular flexibility index (Phi) is 5.22. The Morgan fingerprint density at radius 1 is 0.964 bits per heavy atom. The summed E-state index contributed by atoms with van der Waals surface area (Å²) < 4.78 is 0. The number of H-pyrrole nitrogens is 1. The fourth-order valence-electron chi connectivity index (χ4n) is 3.68. The Labute approximate surface area is 163 Å². The lowest BCUT2D eigenvalue weighted by Gasteiger charge is -2.26. The predicted molar refractivity (Wildman–Crippen MR) is 112 cm³/mol. The summed E-state index contributed by atoms with van der Waals surface area (Å²) in [7, 11) is 0. The standard InChI is InChI=1S/C24H22N2O2/c27-15-17-7-6-10-19(13-17)26-24(18-8-2-1-3-9-18)22(16-28)21-14-25-23-12-5-4-11-20(21)23/h1-14,16,22,24-27H,15H2. The predicted octanol–water partition coefficient (Wildman–Crippen LogP) is 4.80. The molecule has 0 saturated heterocycles. The zero-order valence-electron chi connectivity index (χ0n) is 15.4. The van der Waals surface area contributed by atoms with Crippen LogP contribution >= 0.6 is 0 Å². The molecule has 3 aromatic carbocycles. The molecule has 4 nitrogen and oxygen atoms in total. The summed E-state index contributed by atoms with van der Waals surface area (Å²) in [6.07, 6.45) is 2.93. The molecule has 4 aromatic rings. The van der Waals surface area contributed by atoms with Crippen LogP contribution in [0.25, 0.3) is 10.9 Å². The first-order chi connectivity index (χ1) is 13.8. The summed E-state index contributed by atoms with van der Waals surface area (Å²) in [6.45, 7) is -0.0227. The van der Waals surface area contributed by atoms with Crippen LogP contribution in [0.15, 0.2) is 85.1 Å². The van der Waals surface area contributed by atoms with Gasteiger partial charge in [0.2, 0.25) is 0 Å². The normalized spacial score (nSPS) is 13.2. The van der Waals surface area contributed by atoms with Crippen molar-refractivity contribution in [3.63, 3.8) is 0 Å². The van der Waals surface area contributed by atoms with Crippen molar-refractivity contribution in [2.45, 2.75) is 18.6 Å². The number of aldehydes is 1. The molecule has 140 valence electrons. The van der Waals surface area contributed by atoms with E-state index in [0.717, 1.165) is 39.6 Å². The number of aromatic amines is 1. The van der Waals surface area contributed by atoms with Crippen LogP contribution in [0, 0.1) is 0 Å². The van der Waals surface area contributed by atoms with Gasteiger partial charge in [-0.25, -0.2) is 0 Å². The van der Waals surface area contributed by atoms with Crippen LogP contribution in [0.5, 0.6) is 0 Å². The highest BCUT2D eigenvalue weighted by molar-refractivity contribution is 5.87. The third kappa shape index (κ3) is 3.55. The number of aromatic nitrogens is 1. The van der Waals surface area contributed by atoms with E-state index < -0.39 is 0 Å². The van der Waals surface area contributed by atoms with Crippen molar-refractivity contribution < 1.29 is 9.90 Å². The van der Waals surface area contributed by atoms with Crippen molar-refractivity contribution in [1.29, 1.82) is 0 Å². The molecule has 0 aliphatic carbocycles. The lowest BCUT2D eigenvalue weighted by atomic mass is 9.87. The third-order valence-corrected chi connectivity index (χ3v) is 5.08. The maximum atomic E-state index is 12.3. The summed E-state index contributed by atoms with van der Waals surface area (Å²) in [4.78, 5) is 15.6. The van der Waals surface area contributed by atoms with Crippen LogP contribution in [0.3, 0.4) is 0 Å². The van der Waals surface area contributed by atoms with Crippen molar-refractivity contribution in [3.05, 3.63) is 102 Å². The van der Waals surface area contributed by atoms with Crippen LogP contribution in [-0.2, 0) is 11.4 Å². The summed E-state index contributed by atoms with van der Waals surface area (Å²) in [5.41, 5.74) is 4.70. The second kappa shape index (κ2) is 8.11. The first-order valence-corrected chi connectivity index (χ1v) is 9.32. The number of carbonyl (C=O) groups is 1. The molecule has 0 fully saturated rings. The lowest BCUT2D eigenvalue weighted by molar-refractivity contribution is -0.109. The quantitative estimate of drug-likeness (QED) is 0.410. The molecular weight excluding hydrogens is 348 g/mol. The number of carbonyl (C=O) groups excluding carboxylic acids is 1. The van der Waals surface area contributed by atoms with E-state index in [-0.39, 0.29) is 18.6 Å². The van der Waals surface area contributed by atoms with Crippen molar-refractivity contribution in [2.75, 3.05) is 5.32 Å². The second-order valence-electron chi connectivity index (χ2n) is 6.84. The average molecular weight is 370 g/mol. The average Bonchev–Trinajstić information content (AvgIpc) is 3.18. The molecule has 4 rings (SSSR count). The maximum absolute atomic E-state index is 12.3. The Morgan fingerprint density at radius 3 is 2.54 bits per heavy atom. The molecule has 4 heteroatoms. The molecule has 0 bridgehead atoms. The van der Waals surface area contributed by atoms with E-state index in [2.05, 4.69) is 10.3 Å². The van der Waals surface area contributed by atoms with Crippen LogP contribution in [0.2, 0.25) is 0 Å².